The quantitative estimate of drug-likeness (QED) is 0.460. The molecule has 0 unspecified atom stereocenters. The first-order valence-corrected chi connectivity index (χ1v) is 8.75. The maximum Gasteiger partial charge on any atom is 0.231 e. The number of fused-ring (bicyclic) bond motifs is 1. The van der Waals surface area contributed by atoms with Crippen molar-refractivity contribution in [3.63, 3.8) is 0 Å². The molecule has 0 radical (unpaired) electrons. The van der Waals surface area contributed by atoms with E-state index in [1.807, 2.05) is 0 Å². The van der Waals surface area contributed by atoms with Gasteiger partial charge in [0.1, 0.15) is 23.1 Å². The Labute approximate surface area is 165 Å². The van der Waals surface area contributed by atoms with E-state index in [1.54, 1.807) is 12.1 Å². The highest BCUT2D eigenvalue weighted by Gasteiger charge is 2.27. The Balaban J connectivity index is 1.46. The fourth-order valence-corrected chi connectivity index (χ4v) is 2.84. The summed E-state index contributed by atoms with van der Waals surface area (Å²) in [6.07, 6.45) is 1.53. The van der Waals surface area contributed by atoms with Crippen LogP contribution in [0.4, 0.5) is 8.78 Å². The number of allylic oxidation sites excluding steroid dienone is 1. The molecule has 0 atom stereocenters. The summed E-state index contributed by atoms with van der Waals surface area (Å²) in [5.41, 5.74) is 1.34. The number of ketones is 2. The van der Waals surface area contributed by atoms with E-state index in [9.17, 15) is 18.4 Å². The summed E-state index contributed by atoms with van der Waals surface area (Å²) in [6.45, 7) is -0.239. The summed E-state index contributed by atoms with van der Waals surface area (Å²) >= 11 is 0. The van der Waals surface area contributed by atoms with Crippen molar-refractivity contribution in [3.8, 4) is 11.5 Å². The van der Waals surface area contributed by atoms with Gasteiger partial charge in [0, 0.05) is 11.6 Å². The van der Waals surface area contributed by atoms with Gasteiger partial charge in [0.15, 0.2) is 18.1 Å². The van der Waals surface area contributed by atoms with Crippen molar-refractivity contribution in [3.05, 3.63) is 101 Å². The monoisotopic (exact) mass is 392 g/mol. The van der Waals surface area contributed by atoms with Gasteiger partial charge in [0.05, 0.1) is 5.56 Å². The van der Waals surface area contributed by atoms with Crippen LogP contribution in [-0.4, -0.2) is 18.2 Å². The second-order valence-electron chi connectivity index (χ2n) is 6.37. The molecule has 0 amide bonds. The van der Waals surface area contributed by atoms with Crippen molar-refractivity contribution in [2.45, 2.75) is 0 Å². The van der Waals surface area contributed by atoms with Crippen LogP contribution >= 0.6 is 0 Å². The predicted octanol–water partition coefficient (Wildman–Crippen LogP) is 4.84. The zero-order chi connectivity index (χ0) is 20.4. The second kappa shape index (κ2) is 7.67. The summed E-state index contributed by atoms with van der Waals surface area (Å²) in [6, 6.07) is 15.5. The molecule has 6 heteroatoms. The minimum absolute atomic E-state index is 0.117. The Bertz CT molecular complexity index is 1120. The van der Waals surface area contributed by atoms with E-state index in [1.165, 1.54) is 60.7 Å². The van der Waals surface area contributed by atoms with E-state index < -0.39 is 5.82 Å². The van der Waals surface area contributed by atoms with Crippen molar-refractivity contribution >= 4 is 17.6 Å². The third-order valence-electron chi connectivity index (χ3n) is 4.35. The molecule has 1 aliphatic rings. The minimum Gasteiger partial charge on any atom is -0.485 e. The summed E-state index contributed by atoms with van der Waals surface area (Å²) in [7, 11) is 0. The fourth-order valence-electron chi connectivity index (χ4n) is 2.84. The molecular formula is C23H14F2O4. The topological polar surface area (TPSA) is 52.6 Å². The highest BCUT2D eigenvalue weighted by molar-refractivity contribution is 6.14. The lowest BCUT2D eigenvalue weighted by molar-refractivity contribution is 0.0920. The van der Waals surface area contributed by atoms with Crippen LogP contribution < -0.4 is 9.47 Å². The molecule has 0 bridgehead atoms. The van der Waals surface area contributed by atoms with E-state index in [-0.39, 0.29) is 29.7 Å². The van der Waals surface area contributed by atoms with Gasteiger partial charge < -0.3 is 9.47 Å². The smallest absolute Gasteiger partial charge is 0.231 e. The standard InChI is InChI=1S/C23H14F2O4/c24-16-5-1-14(2-6-16)11-22-23(27)19-10-9-18(12-21(19)29-22)28-13-20(26)15-3-7-17(25)8-4-15/h1-12H,13H2/b22-11-. The molecule has 0 spiro atoms. The number of carbonyl (C=O) groups excluding carboxylic acids is 2. The number of carbonyl (C=O) groups is 2. The van der Waals surface area contributed by atoms with Crippen molar-refractivity contribution in [1.29, 1.82) is 0 Å². The van der Waals surface area contributed by atoms with Gasteiger partial charge in [-0.1, -0.05) is 12.1 Å². The summed E-state index contributed by atoms with van der Waals surface area (Å²) in [5.74, 6) is -0.604. The van der Waals surface area contributed by atoms with Gasteiger partial charge in [0.2, 0.25) is 5.78 Å². The summed E-state index contributed by atoms with van der Waals surface area (Å²) in [5, 5.41) is 0. The Kier molecular flexibility index (Phi) is 4.91. The second-order valence-corrected chi connectivity index (χ2v) is 6.37. The minimum atomic E-state index is -0.424. The third-order valence-corrected chi connectivity index (χ3v) is 4.35. The molecule has 29 heavy (non-hydrogen) atoms. The van der Waals surface area contributed by atoms with Crippen molar-refractivity contribution in [2.24, 2.45) is 0 Å². The maximum atomic E-state index is 13.0. The third kappa shape index (κ3) is 4.06. The molecule has 0 aliphatic carbocycles. The van der Waals surface area contributed by atoms with Gasteiger partial charge in [0.25, 0.3) is 0 Å². The molecule has 0 saturated heterocycles. The number of halogens is 2. The Hall–Kier alpha value is -3.80. The Morgan fingerprint density at radius 2 is 1.59 bits per heavy atom. The van der Waals surface area contributed by atoms with Gasteiger partial charge in [-0.3, -0.25) is 9.59 Å². The highest BCUT2D eigenvalue weighted by atomic mass is 19.1. The lowest BCUT2D eigenvalue weighted by Crippen LogP contribution is -2.11. The summed E-state index contributed by atoms with van der Waals surface area (Å²) in [4.78, 5) is 24.6. The van der Waals surface area contributed by atoms with Crippen molar-refractivity contribution < 1.29 is 27.8 Å². The van der Waals surface area contributed by atoms with Crippen LogP contribution in [0, 0.1) is 11.6 Å². The lowest BCUT2D eigenvalue weighted by atomic mass is 10.1. The van der Waals surface area contributed by atoms with E-state index >= 15 is 0 Å². The van der Waals surface area contributed by atoms with Crippen molar-refractivity contribution in [1.82, 2.24) is 0 Å². The number of Topliss-reactive ketones (excluding diaryl/α,β-unsaturated/α-hetero) is 2. The van der Waals surface area contributed by atoms with E-state index in [0.717, 1.165) is 0 Å². The number of rotatable bonds is 5. The van der Waals surface area contributed by atoms with E-state index in [4.69, 9.17) is 9.47 Å². The van der Waals surface area contributed by atoms with Crippen LogP contribution in [0.5, 0.6) is 11.5 Å². The number of hydrogen-bond donors (Lipinski definition) is 0. The van der Waals surface area contributed by atoms with Gasteiger partial charge in [-0.15, -0.1) is 0 Å². The molecule has 3 aromatic carbocycles. The number of benzene rings is 3. The van der Waals surface area contributed by atoms with Crippen LogP contribution in [0.25, 0.3) is 6.08 Å². The molecule has 0 fully saturated rings. The molecule has 1 heterocycles. The van der Waals surface area contributed by atoms with Gasteiger partial charge >= 0.3 is 0 Å². The Morgan fingerprint density at radius 1 is 0.931 bits per heavy atom. The van der Waals surface area contributed by atoms with Crippen LogP contribution in [0.1, 0.15) is 26.3 Å². The van der Waals surface area contributed by atoms with Crippen LogP contribution in [0.3, 0.4) is 0 Å². The maximum absolute atomic E-state index is 13.0. The van der Waals surface area contributed by atoms with Gasteiger partial charge in [-0.2, -0.15) is 0 Å². The SMILES string of the molecule is O=C(COc1ccc2c(c1)O/C(=C\c1ccc(F)cc1)C2=O)c1ccc(F)cc1. The zero-order valence-corrected chi connectivity index (χ0v) is 15.0. The van der Waals surface area contributed by atoms with Crippen molar-refractivity contribution in [2.75, 3.05) is 6.61 Å². The van der Waals surface area contributed by atoms with Crippen LogP contribution in [0.2, 0.25) is 0 Å². The molecule has 0 N–H and O–H groups in total. The normalized spacial score (nSPS) is 13.9. The van der Waals surface area contributed by atoms with E-state index in [2.05, 4.69) is 0 Å². The molecule has 0 aromatic heterocycles. The predicted molar refractivity (Wildman–Crippen MR) is 102 cm³/mol. The fraction of sp³-hybridized carbons (Fsp3) is 0.0435. The molecule has 3 aromatic rings. The van der Waals surface area contributed by atoms with Crippen LogP contribution in [-0.2, 0) is 0 Å². The van der Waals surface area contributed by atoms with Gasteiger partial charge in [-0.25, -0.2) is 8.78 Å². The average Bonchev–Trinajstić information content (AvgIpc) is 3.03. The summed E-state index contributed by atoms with van der Waals surface area (Å²) < 4.78 is 37.1. The molecule has 4 rings (SSSR count). The molecule has 1 aliphatic heterocycles. The molecular weight excluding hydrogens is 378 g/mol. The average molecular weight is 392 g/mol. The Morgan fingerprint density at radius 3 is 2.28 bits per heavy atom. The zero-order valence-electron chi connectivity index (χ0n) is 15.0. The number of ether oxygens (including phenoxy) is 2. The first kappa shape index (κ1) is 18.6. The van der Waals surface area contributed by atoms with Crippen LogP contribution in [0.15, 0.2) is 72.5 Å². The lowest BCUT2D eigenvalue weighted by Gasteiger charge is -2.07. The van der Waals surface area contributed by atoms with Gasteiger partial charge in [-0.05, 0) is 60.2 Å². The van der Waals surface area contributed by atoms with E-state index in [0.29, 0.717) is 28.2 Å². The largest absolute Gasteiger partial charge is 0.485 e. The molecule has 0 saturated carbocycles. The first-order valence-electron chi connectivity index (χ1n) is 8.75. The molecule has 4 nitrogen and oxygen atoms in total. The highest BCUT2D eigenvalue weighted by Crippen LogP contribution is 2.35. The number of hydrogen-bond acceptors (Lipinski definition) is 4. The molecule has 144 valence electrons. The first-order chi connectivity index (χ1) is 14.0.